The molecule has 0 aliphatic heterocycles. The second-order valence-electron chi connectivity index (χ2n) is 7.41. The molecule has 7 nitrogen and oxygen atoms in total. The maximum absolute atomic E-state index is 6.12. The van der Waals surface area contributed by atoms with Gasteiger partial charge in [-0.05, 0) is 48.7 Å². The molecule has 0 radical (unpaired) electrons. The minimum atomic E-state index is 0.400. The lowest BCUT2D eigenvalue weighted by molar-refractivity contribution is 0.415. The summed E-state index contributed by atoms with van der Waals surface area (Å²) in [4.78, 5) is 13.6. The first-order valence-corrected chi connectivity index (χ1v) is 10.9. The van der Waals surface area contributed by atoms with Crippen molar-refractivity contribution in [2.75, 3.05) is 29.6 Å². The second kappa shape index (κ2) is 10.7. The third kappa shape index (κ3) is 6.33. The molecule has 168 valence electrons. The maximum Gasteiger partial charge on any atom is 0.233 e. The van der Waals surface area contributed by atoms with Crippen LogP contribution in [0.25, 0.3) is 0 Å². The van der Waals surface area contributed by atoms with Crippen molar-refractivity contribution >= 4 is 40.8 Å². The number of benzene rings is 3. The molecule has 0 aliphatic carbocycles. The summed E-state index contributed by atoms with van der Waals surface area (Å²) in [5.41, 5.74) is 3.91. The van der Waals surface area contributed by atoms with Gasteiger partial charge < -0.3 is 20.7 Å². The van der Waals surface area contributed by atoms with E-state index < -0.39 is 0 Å². The van der Waals surface area contributed by atoms with Gasteiger partial charge >= 0.3 is 0 Å². The number of anilines is 5. The topological polar surface area (TPSA) is 84.0 Å². The largest absolute Gasteiger partial charge is 0.497 e. The Bertz CT molecular complexity index is 1220. The number of ether oxygens (including phenoxy) is 1. The second-order valence-corrected chi connectivity index (χ2v) is 7.85. The van der Waals surface area contributed by atoms with Crippen LogP contribution in [0.15, 0.2) is 72.8 Å². The monoisotopic (exact) mass is 460 g/mol. The average Bonchev–Trinajstić information content (AvgIpc) is 2.81. The SMILES string of the molecule is COc1ccc(C)c(Nc2nc(NCCc3ccccc3)nc(Nc3cccc(Cl)c3)n2)c1. The third-order valence-electron chi connectivity index (χ3n) is 4.95. The van der Waals surface area contributed by atoms with Crippen LogP contribution >= 0.6 is 11.6 Å². The lowest BCUT2D eigenvalue weighted by Gasteiger charge is -2.13. The summed E-state index contributed by atoms with van der Waals surface area (Å²) < 4.78 is 5.35. The molecule has 1 aromatic heterocycles. The van der Waals surface area contributed by atoms with E-state index in [1.807, 2.05) is 67.6 Å². The minimum absolute atomic E-state index is 0.400. The Morgan fingerprint density at radius 2 is 1.58 bits per heavy atom. The van der Waals surface area contributed by atoms with E-state index in [1.54, 1.807) is 7.11 Å². The molecule has 0 spiro atoms. The lowest BCUT2D eigenvalue weighted by Crippen LogP contribution is -2.12. The van der Waals surface area contributed by atoms with Crippen molar-refractivity contribution in [3.63, 3.8) is 0 Å². The van der Waals surface area contributed by atoms with Crippen molar-refractivity contribution in [3.8, 4) is 5.75 Å². The minimum Gasteiger partial charge on any atom is -0.497 e. The van der Waals surface area contributed by atoms with E-state index in [9.17, 15) is 0 Å². The fraction of sp³-hybridized carbons (Fsp3) is 0.160. The van der Waals surface area contributed by atoms with Crippen LogP contribution in [-0.2, 0) is 6.42 Å². The Labute approximate surface area is 198 Å². The van der Waals surface area contributed by atoms with Crippen molar-refractivity contribution in [1.82, 2.24) is 15.0 Å². The standard InChI is InChI=1S/C25H25ClN6O/c1-17-11-12-21(33-2)16-22(17)29-25-31-23(27-14-13-18-7-4-3-5-8-18)30-24(32-25)28-20-10-6-9-19(26)15-20/h3-12,15-16H,13-14H2,1-2H3,(H3,27,28,29,30,31,32). The van der Waals surface area contributed by atoms with Gasteiger partial charge in [-0.2, -0.15) is 15.0 Å². The van der Waals surface area contributed by atoms with Crippen molar-refractivity contribution in [3.05, 3.63) is 88.9 Å². The molecule has 0 unspecified atom stereocenters. The summed E-state index contributed by atoms with van der Waals surface area (Å²) in [6, 6.07) is 23.5. The van der Waals surface area contributed by atoms with E-state index in [0.29, 0.717) is 29.4 Å². The molecule has 0 aliphatic rings. The van der Waals surface area contributed by atoms with Gasteiger partial charge in [-0.25, -0.2) is 0 Å². The van der Waals surface area contributed by atoms with E-state index in [-0.39, 0.29) is 0 Å². The molecular formula is C25H25ClN6O. The van der Waals surface area contributed by atoms with Crippen LogP contribution < -0.4 is 20.7 Å². The highest BCUT2D eigenvalue weighted by Gasteiger charge is 2.10. The molecule has 0 fully saturated rings. The van der Waals surface area contributed by atoms with Crippen LogP contribution in [0.5, 0.6) is 5.75 Å². The number of nitrogens with one attached hydrogen (secondary N) is 3. The van der Waals surface area contributed by atoms with Crippen LogP contribution in [0, 0.1) is 6.92 Å². The molecule has 33 heavy (non-hydrogen) atoms. The Balaban J connectivity index is 1.58. The van der Waals surface area contributed by atoms with Gasteiger partial charge in [0.15, 0.2) is 0 Å². The number of methoxy groups -OCH3 is 1. The number of aryl methyl sites for hydroxylation is 1. The Morgan fingerprint density at radius 3 is 2.33 bits per heavy atom. The van der Waals surface area contributed by atoms with Crippen molar-refractivity contribution in [2.45, 2.75) is 13.3 Å². The van der Waals surface area contributed by atoms with Gasteiger partial charge in [-0.1, -0.05) is 54.1 Å². The zero-order valence-corrected chi connectivity index (χ0v) is 19.2. The first-order chi connectivity index (χ1) is 16.1. The van der Waals surface area contributed by atoms with Gasteiger partial charge in [0.25, 0.3) is 0 Å². The zero-order valence-electron chi connectivity index (χ0n) is 18.5. The molecule has 0 bridgehead atoms. The molecule has 3 aromatic carbocycles. The summed E-state index contributed by atoms with van der Waals surface area (Å²) >= 11 is 6.12. The molecule has 8 heteroatoms. The summed E-state index contributed by atoms with van der Waals surface area (Å²) in [6.07, 6.45) is 0.849. The number of hydrogen-bond donors (Lipinski definition) is 3. The summed E-state index contributed by atoms with van der Waals surface area (Å²) in [6.45, 7) is 2.69. The number of rotatable bonds is 9. The number of halogens is 1. The van der Waals surface area contributed by atoms with Gasteiger partial charge in [0.05, 0.1) is 7.11 Å². The van der Waals surface area contributed by atoms with Gasteiger partial charge in [-0.3, -0.25) is 0 Å². The molecule has 0 atom stereocenters. The average molecular weight is 461 g/mol. The molecule has 0 saturated carbocycles. The highest BCUT2D eigenvalue weighted by atomic mass is 35.5. The highest BCUT2D eigenvalue weighted by molar-refractivity contribution is 6.30. The van der Waals surface area contributed by atoms with Gasteiger partial charge in [0, 0.05) is 29.0 Å². The maximum atomic E-state index is 6.12. The Morgan fingerprint density at radius 1 is 0.818 bits per heavy atom. The fourth-order valence-electron chi connectivity index (χ4n) is 3.21. The predicted octanol–water partition coefficient (Wildman–Crippen LogP) is 5.98. The number of nitrogens with zero attached hydrogens (tertiary/aromatic N) is 3. The zero-order chi connectivity index (χ0) is 23.0. The van der Waals surface area contributed by atoms with Crippen molar-refractivity contribution in [2.24, 2.45) is 0 Å². The van der Waals surface area contributed by atoms with Crippen LogP contribution in [-0.4, -0.2) is 28.6 Å². The third-order valence-corrected chi connectivity index (χ3v) is 5.18. The Kier molecular flexibility index (Phi) is 7.22. The summed E-state index contributed by atoms with van der Waals surface area (Å²) in [5, 5.41) is 10.4. The van der Waals surface area contributed by atoms with Crippen LogP contribution in [0.1, 0.15) is 11.1 Å². The van der Waals surface area contributed by atoms with Crippen molar-refractivity contribution < 1.29 is 4.74 Å². The fourth-order valence-corrected chi connectivity index (χ4v) is 3.40. The van der Waals surface area contributed by atoms with E-state index in [2.05, 4.69) is 43.0 Å². The normalized spacial score (nSPS) is 10.5. The molecule has 4 aromatic rings. The van der Waals surface area contributed by atoms with Crippen LogP contribution in [0.4, 0.5) is 29.2 Å². The van der Waals surface area contributed by atoms with Crippen LogP contribution in [0.2, 0.25) is 5.02 Å². The van der Waals surface area contributed by atoms with E-state index in [0.717, 1.165) is 29.1 Å². The van der Waals surface area contributed by atoms with Crippen molar-refractivity contribution in [1.29, 1.82) is 0 Å². The van der Waals surface area contributed by atoms with Gasteiger partial charge in [0.1, 0.15) is 5.75 Å². The molecule has 3 N–H and O–H groups in total. The number of aromatic nitrogens is 3. The van der Waals surface area contributed by atoms with E-state index >= 15 is 0 Å². The van der Waals surface area contributed by atoms with Gasteiger partial charge in [0.2, 0.25) is 17.8 Å². The number of hydrogen-bond acceptors (Lipinski definition) is 7. The van der Waals surface area contributed by atoms with Crippen LogP contribution in [0.3, 0.4) is 0 Å². The predicted molar refractivity (Wildman–Crippen MR) is 134 cm³/mol. The lowest BCUT2D eigenvalue weighted by atomic mass is 10.1. The quantitative estimate of drug-likeness (QED) is 0.283. The first kappa shape index (κ1) is 22.4. The molecule has 0 amide bonds. The Hall–Kier alpha value is -3.84. The molecule has 1 heterocycles. The van der Waals surface area contributed by atoms with E-state index in [4.69, 9.17) is 16.3 Å². The van der Waals surface area contributed by atoms with E-state index in [1.165, 1.54) is 5.56 Å². The highest BCUT2D eigenvalue weighted by Crippen LogP contribution is 2.25. The first-order valence-electron chi connectivity index (χ1n) is 10.6. The van der Waals surface area contributed by atoms with Gasteiger partial charge in [-0.15, -0.1) is 0 Å². The molecular weight excluding hydrogens is 436 g/mol. The molecule has 4 rings (SSSR count). The molecule has 0 saturated heterocycles. The summed E-state index contributed by atoms with van der Waals surface area (Å²) in [5.74, 6) is 2.02. The smallest absolute Gasteiger partial charge is 0.233 e. The summed E-state index contributed by atoms with van der Waals surface area (Å²) in [7, 11) is 1.64.